The predicted octanol–water partition coefficient (Wildman–Crippen LogP) is 4.55. The fourth-order valence-corrected chi connectivity index (χ4v) is 3.65. The number of amides is 1. The van der Waals surface area contributed by atoms with Crippen molar-refractivity contribution < 1.29 is 27.9 Å². The molecule has 1 unspecified atom stereocenters. The van der Waals surface area contributed by atoms with Gasteiger partial charge < -0.3 is 14.3 Å². The summed E-state index contributed by atoms with van der Waals surface area (Å²) in [7, 11) is 1.59. The highest BCUT2D eigenvalue weighted by molar-refractivity contribution is 7.14. The van der Waals surface area contributed by atoms with E-state index in [1.807, 2.05) is 24.3 Å². The summed E-state index contributed by atoms with van der Waals surface area (Å²) >= 11 is 1.25. The third kappa shape index (κ3) is 4.97. The van der Waals surface area contributed by atoms with Crippen LogP contribution in [0.4, 0.5) is 13.9 Å². The van der Waals surface area contributed by atoms with Gasteiger partial charge in [-0.1, -0.05) is 5.16 Å². The van der Waals surface area contributed by atoms with E-state index in [9.17, 15) is 13.6 Å². The first-order chi connectivity index (χ1) is 15.0. The van der Waals surface area contributed by atoms with Crippen molar-refractivity contribution in [2.24, 2.45) is 5.16 Å². The number of hydrogen-bond acceptors (Lipinski definition) is 7. The first-order valence-electron chi connectivity index (χ1n) is 9.20. The van der Waals surface area contributed by atoms with Gasteiger partial charge >= 0.3 is 6.61 Å². The lowest BCUT2D eigenvalue weighted by Gasteiger charge is -2.07. The number of nitrogens with one attached hydrogen (secondary N) is 1. The number of halogens is 2. The molecule has 10 heteroatoms. The Balaban J connectivity index is 1.35. The number of nitrogens with zero attached hydrogens (tertiary/aromatic N) is 2. The van der Waals surface area contributed by atoms with Crippen LogP contribution in [0.1, 0.15) is 12.0 Å². The van der Waals surface area contributed by atoms with Gasteiger partial charge in [-0.2, -0.15) is 8.78 Å². The molecule has 160 valence electrons. The van der Waals surface area contributed by atoms with E-state index in [-0.39, 0.29) is 11.7 Å². The summed E-state index contributed by atoms with van der Waals surface area (Å²) in [6, 6.07) is 13.4. The van der Waals surface area contributed by atoms with Gasteiger partial charge in [0.2, 0.25) is 6.10 Å². The van der Waals surface area contributed by atoms with E-state index in [1.54, 1.807) is 24.6 Å². The summed E-state index contributed by atoms with van der Waals surface area (Å²) in [5.74, 6) is 0.440. The highest BCUT2D eigenvalue weighted by Gasteiger charge is 2.29. The van der Waals surface area contributed by atoms with Crippen molar-refractivity contribution in [1.82, 2.24) is 4.98 Å². The molecule has 3 aromatic rings. The molecule has 0 fully saturated rings. The standard InChI is InChI=1S/C21H17F2N3O4S/c1-28-14-6-2-12(3-7-14)16-10-18(30-26-16)19(27)25-21-24-17(11-31-21)13-4-8-15(9-5-13)29-20(22)23/h2-9,11,18,20H,10H2,1H3,(H,24,25,27). The van der Waals surface area contributed by atoms with E-state index in [0.717, 1.165) is 11.3 Å². The monoisotopic (exact) mass is 445 g/mol. The molecule has 0 saturated carbocycles. The molecule has 1 aliphatic rings. The third-order valence-electron chi connectivity index (χ3n) is 4.49. The normalized spacial score (nSPS) is 15.4. The molecule has 2 heterocycles. The molecule has 0 aliphatic carbocycles. The molecule has 0 radical (unpaired) electrons. The first kappa shape index (κ1) is 20.7. The van der Waals surface area contributed by atoms with Crippen LogP contribution in [-0.2, 0) is 9.63 Å². The molecule has 1 amide bonds. The largest absolute Gasteiger partial charge is 0.497 e. The Kier molecular flexibility index (Phi) is 6.08. The Hall–Kier alpha value is -3.53. The molecule has 7 nitrogen and oxygen atoms in total. The van der Waals surface area contributed by atoms with Gasteiger partial charge in [0.25, 0.3) is 5.91 Å². The number of benzene rings is 2. The van der Waals surface area contributed by atoms with E-state index in [4.69, 9.17) is 9.57 Å². The number of hydrogen-bond donors (Lipinski definition) is 1. The molecule has 4 rings (SSSR count). The molecule has 1 N–H and O–H groups in total. The van der Waals surface area contributed by atoms with Gasteiger partial charge in [-0.15, -0.1) is 11.3 Å². The molecular weight excluding hydrogens is 428 g/mol. The Morgan fingerprint density at radius 2 is 1.81 bits per heavy atom. The van der Waals surface area contributed by atoms with Crippen LogP contribution in [0, 0.1) is 0 Å². The number of aromatic nitrogens is 1. The quantitative estimate of drug-likeness (QED) is 0.577. The van der Waals surface area contributed by atoms with Crippen molar-refractivity contribution in [3.8, 4) is 22.8 Å². The summed E-state index contributed by atoms with van der Waals surface area (Å²) in [5, 5.41) is 8.90. The lowest BCUT2D eigenvalue weighted by molar-refractivity contribution is -0.125. The fraction of sp³-hybridized carbons (Fsp3) is 0.190. The van der Waals surface area contributed by atoms with Gasteiger partial charge in [0.1, 0.15) is 11.5 Å². The number of carbonyl (C=O) groups is 1. The minimum absolute atomic E-state index is 0.0635. The number of oxime groups is 1. The highest BCUT2D eigenvalue weighted by atomic mass is 32.1. The zero-order valence-corrected chi connectivity index (χ0v) is 17.1. The average Bonchev–Trinajstić information content (AvgIpc) is 3.44. The van der Waals surface area contributed by atoms with Crippen LogP contribution in [0.2, 0.25) is 0 Å². The Morgan fingerprint density at radius 1 is 1.13 bits per heavy atom. The zero-order chi connectivity index (χ0) is 21.8. The molecule has 2 aromatic carbocycles. The number of ether oxygens (including phenoxy) is 2. The highest BCUT2D eigenvalue weighted by Crippen LogP contribution is 2.28. The van der Waals surface area contributed by atoms with Crippen LogP contribution < -0.4 is 14.8 Å². The van der Waals surface area contributed by atoms with Crippen molar-refractivity contribution in [2.45, 2.75) is 19.1 Å². The maximum absolute atomic E-state index is 12.5. The molecule has 0 bridgehead atoms. The predicted molar refractivity (Wildman–Crippen MR) is 112 cm³/mol. The Morgan fingerprint density at radius 3 is 2.48 bits per heavy atom. The van der Waals surface area contributed by atoms with Gasteiger partial charge in [-0.05, 0) is 54.1 Å². The van der Waals surface area contributed by atoms with Crippen LogP contribution in [0.3, 0.4) is 0 Å². The van der Waals surface area contributed by atoms with Crippen molar-refractivity contribution in [2.75, 3.05) is 12.4 Å². The van der Waals surface area contributed by atoms with Crippen LogP contribution >= 0.6 is 11.3 Å². The van der Waals surface area contributed by atoms with Crippen LogP contribution in [0.25, 0.3) is 11.3 Å². The summed E-state index contributed by atoms with van der Waals surface area (Å²) in [6.45, 7) is -2.88. The minimum atomic E-state index is -2.88. The van der Waals surface area contributed by atoms with Crippen LogP contribution in [0.15, 0.2) is 59.1 Å². The van der Waals surface area contributed by atoms with Gasteiger partial charge in [0.15, 0.2) is 5.13 Å². The number of methoxy groups -OCH3 is 1. The summed E-state index contributed by atoms with van der Waals surface area (Å²) in [5.41, 5.74) is 2.84. The smallest absolute Gasteiger partial charge is 0.387 e. The third-order valence-corrected chi connectivity index (χ3v) is 5.25. The second-order valence-electron chi connectivity index (χ2n) is 6.49. The van der Waals surface area contributed by atoms with Crippen LogP contribution in [0.5, 0.6) is 11.5 Å². The van der Waals surface area contributed by atoms with Gasteiger partial charge in [0, 0.05) is 17.4 Å². The summed E-state index contributed by atoms with van der Waals surface area (Å²) in [4.78, 5) is 22.2. The Labute approximate surface area is 180 Å². The van der Waals surface area contributed by atoms with Gasteiger partial charge in [-0.3, -0.25) is 10.1 Å². The SMILES string of the molecule is COc1ccc(C2=NOC(C(=O)Nc3nc(-c4ccc(OC(F)F)cc4)cs3)C2)cc1. The van der Waals surface area contributed by atoms with Crippen molar-refractivity contribution in [1.29, 1.82) is 0 Å². The number of thiazole rings is 1. The van der Waals surface area contributed by atoms with Crippen LogP contribution in [-0.4, -0.2) is 36.4 Å². The fourth-order valence-electron chi connectivity index (χ4n) is 2.93. The zero-order valence-electron chi connectivity index (χ0n) is 16.2. The maximum Gasteiger partial charge on any atom is 0.387 e. The van der Waals surface area contributed by atoms with E-state index >= 15 is 0 Å². The second kappa shape index (κ2) is 9.09. The first-order valence-corrected chi connectivity index (χ1v) is 10.1. The van der Waals surface area contributed by atoms with Gasteiger partial charge in [0.05, 0.1) is 18.5 Å². The lowest BCUT2D eigenvalue weighted by atomic mass is 10.0. The molecule has 0 saturated heterocycles. The Bertz CT molecular complexity index is 1080. The molecule has 1 aliphatic heterocycles. The molecule has 0 spiro atoms. The number of anilines is 1. The summed E-state index contributed by atoms with van der Waals surface area (Å²) < 4.78 is 34.0. The van der Waals surface area contributed by atoms with Crippen molar-refractivity contribution in [3.63, 3.8) is 0 Å². The lowest BCUT2D eigenvalue weighted by Crippen LogP contribution is -2.28. The van der Waals surface area contributed by atoms with E-state index in [1.165, 1.54) is 23.5 Å². The molecule has 31 heavy (non-hydrogen) atoms. The second-order valence-corrected chi connectivity index (χ2v) is 7.35. The van der Waals surface area contributed by atoms with E-state index in [0.29, 0.717) is 28.5 Å². The topological polar surface area (TPSA) is 82.0 Å². The minimum Gasteiger partial charge on any atom is -0.497 e. The molecule has 1 atom stereocenters. The number of rotatable bonds is 7. The maximum atomic E-state index is 12.5. The molecular formula is C21H17F2N3O4S. The number of carbonyl (C=O) groups excluding carboxylic acids is 1. The van der Waals surface area contributed by atoms with E-state index < -0.39 is 12.7 Å². The number of alkyl halides is 2. The van der Waals surface area contributed by atoms with Crippen molar-refractivity contribution >= 4 is 28.1 Å². The summed E-state index contributed by atoms with van der Waals surface area (Å²) in [6.07, 6.45) is -0.419. The molecule has 1 aromatic heterocycles. The van der Waals surface area contributed by atoms with Gasteiger partial charge in [-0.25, -0.2) is 4.98 Å². The van der Waals surface area contributed by atoms with E-state index in [2.05, 4.69) is 20.2 Å². The van der Waals surface area contributed by atoms with Crippen molar-refractivity contribution in [3.05, 3.63) is 59.5 Å². The average molecular weight is 445 g/mol.